The van der Waals surface area contributed by atoms with Gasteiger partial charge in [0.05, 0.1) is 5.56 Å². The fourth-order valence-electron chi connectivity index (χ4n) is 2.31. The Labute approximate surface area is 129 Å². The van der Waals surface area contributed by atoms with E-state index in [2.05, 4.69) is 9.97 Å². The number of carboxylic acid groups (broad SMARTS) is 1. The predicted molar refractivity (Wildman–Crippen MR) is 78.8 cm³/mol. The summed E-state index contributed by atoms with van der Waals surface area (Å²) in [4.78, 5) is 32.7. The van der Waals surface area contributed by atoms with E-state index in [0.717, 1.165) is 12.8 Å². The molecule has 1 saturated heterocycles. The minimum Gasteiger partial charge on any atom is -0.478 e. The zero-order chi connectivity index (χ0) is 16.3. The molecule has 0 aromatic carbocycles. The molecule has 1 aliphatic rings. The van der Waals surface area contributed by atoms with Gasteiger partial charge in [-0.05, 0) is 33.6 Å². The second-order valence-electron chi connectivity index (χ2n) is 6.38. The molecule has 2 rings (SSSR count). The molecule has 120 valence electrons. The number of aromatic nitrogens is 2. The second-order valence-corrected chi connectivity index (χ2v) is 6.38. The van der Waals surface area contributed by atoms with Gasteiger partial charge in [0.2, 0.25) is 0 Å². The maximum atomic E-state index is 12.0. The van der Waals surface area contributed by atoms with Crippen LogP contribution in [0.3, 0.4) is 0 Å². The highest BCUT2D eigenvalue weighted by atomic mass is 16.6. The van der Waals surface area contributed by atoms with Gasteiger partial charge in [-0.2, -0.15) is 0 Å². The first-order chi connectivity index (χ1) is 10.3. The molecule has 0 radical (unpaired) electrons. The van der Waals surface area contributed by atoms with Gasteiger partial charge in [0.15, 0.2) is 0 Å². The third-order valence-electron chi connectivity index (χ3n) is 3.43. The van der Waals surface area contributed by atoms with Crippen molar-refractivity contribution in [3.63, 3.8) is 0 Å². The molecule has 1 amide bonds. The largest absolute Gasteiger partial charge is 0.478 e. The molecule has 0 unspecified atom stereocenters. The fraction of sp³-hybridized carbons (Fsp3) is 0.600. The van der Waals surface area contributed by atoms with Crippen molar-refractivity contribution in [3.8, 4) is 0 Å². The number of hydrogen-bond acceptors (Lipinski definition) is 5. The first-order valence-corrected chi connectivity index (χ1v) is 7.29. The summed E-state index contributed by atoms with van der Waals surface area (Å²) in [5.74, 6) is -0.262. The van der Waals surface area contributed by atoms with Crippen molar-refractivity contribution in [3.05, 3.63) is 23.8 Å². The van der Waals surface area contributed by atoms with Crippen molar-refractivity contribution in [2.75, 3.05) is 13.1 Å². The summed E-state index contributed by atoms with van der Waals surface area (Å²) >= 11 is 0. The van der Waals surface area contributed by atoms with Crippen molar-refractivity contribution in [2.24, 2.45) is 0 Å². The monoisotopic (exact) mass is 307 g/mol. The number of nitrogens with zero attached hydrogens (tertiary/aromatic N) is 3. The molecule has 0 aliphatic carbocycles. The van der Waals surface area contributed by atoms with Crippen LogP contribution in [0.1, 0.15) is 55.7 Å². The van der Waals surface area contributed by atoms with Crippen LogP contribution < -0.4 is 0 Å². The highest BCUT2D eigenvalue weighted by molar-refractivity contribution is 5.86. The SMILES string of the molecule is CC(C)(C)OC(=O)N1CCC(c2ncc(C(=O)O)cn2)CC1. The van der Waals surface area contributed by atoms with Crippen molar-refractivity contribution in [2.45, 2.75) is 45.1 Å². The predicted octanol–water partition coefficient (Wildman–Crippen LogP) is 2.29. The standard InChI is InChI=1S/C15H21N3O4/c1-15(2,3)22-14(21)18-6-4-10(5-7-18)12-16-8-11(9-17-12)13(19)20/h8-10H,4-7H2,1-3H3,(H,19,20). The number of likely N-dealkylation sites (tertiary alicyclic amines) is 1. The lowest BCUT2D eigenvalue weighted by molar-refractivity contribution is 0.0202. The van der Waals surface area contributed by atoms with E-state index in [-0.39, 0.29) is 17.6 Å². The summed E-state index contributed by atoms with van der Waals surface area (Å²) in [6, 6.07) is 0. The van der Waals surface area contributed by atoms with Gasteiger partial charge >= 0.3 is 12.1 Å². The summed E-state index contributed by atoms with van der Waals surface area (Å²) in [5.41, 5.74) is -0.418. The molecule has 1 aliphatic heterocycles. The molecular weight excluding hydrogens is 286 g/mol. The first kappa shape index (κ1) is 16.2. The number of piperidine rings is 1. The number of aromatic carboxylic acids is 1. The van der Waals surface area contributed by atoms with Crippen LogP contribution in [0.2, 0.25) is 0 Å². The molecule has 1 aromatic heterocycles. The summed E-state index contributed by atoms with van der Waals surface area (Å²) in [6.45, 7) is 6.70. The van der Waals surface area contributed by atoms with E-state index >= 15 is 0 Å². The van der Waals surface area contributed by atoms with Gasteiger partial charge in [-0.25, -0.2) is 19.6 Å². The highest BCUT2D eigenvalue weighted by Gasteiger charge is 2.28. The minimum atomic E-state index is -1.04. The Balaban J connectivity index is 1.91. The molecule has 0 bridgehead atoms. The third kappa shape index (κ3) is 4.16. The van der Waals surface area contributed by atoms with Crippen LogP contribution in [-0.2, 0) is 4.74 Å². The van der Waals surface area contributed by atoms with Crippen LogP contribution in [0, 0.1) is 0 Å². The van der Waals surface area contributed by atoms with Crippen molar-refractivity contribution in [1.82, 2.24) is 14.9 Å². The van der Waals surface area contributed by atoms with Gasteiger partial charge in [-0.15, -0.1) is 0 Å². The molecule has 22 heavy (non-hydrogen) atoms. The molecular formula is C15H21N3O4. The van der Waals surface area contributed by atoms with E-state index < -0.39 is 11.6 Å². The van der Waals surface area contributed by atoms with E-state index in [0.29, 0.717) is 18.9 Å². The highest BCUT2D eigenvalue weighted by Crippen LogP contribution is 2.26. The van der Waals surface area contributed by atoms with Gasteiger partial charge in [-0.3, -0.25) is 0 Å². The van der Waals surface area contributed by atoms with Crippen molar-refractivity contribution >= 4 is 12.1 Å². The Bertz CT molecular complexity index is 543. The molecule has 0 saturated carbocycles. The number of ether oxygens (including phenoxy) is 1. The van der Waals surface area contributed by atoms with E-state index in [1.807, 2.05) is 20.8 Å². The van der Waals surface area contributed by atoms with Crippen LogP contribution in [-0.4, -0.2) is 50.7 Å². The molecule has 1 N–H and O–H groups in total. The lowest BCUT2D eigenvalue weighted by Gasteiger charge is -2.32. The molecule has 2 heterocycles. The van der Waals surface area contributed by atoms with E-state index in [1.54, 1.807) is 4.90 Å². The van der Waals surface area contributed by atoms with Gasteiger partial charge in [0, 0.05) is 31.4 Å². The topological polar surface area (TPSA) is 92.6 Å². The zero-order valence-electron chi connectivity index (χ0n) is 13.1. The normalized spacial score (nSPS) is 16.4. The van der Waals surface area contributed by atoms with E-state index in [1.165, 1.54) is 12.4 Å². The fourth-order valence-corrected chi connectivity index (χ4v) is 2.31. The van der Waals surface area contributed by atoms with E-state index in [9.17, 15) is 9.59 Å². The maximum Gasteiger partial charge on any atom is 0.410 e. The summed E-state index contributed by atoms with van der Waals surface area (Å²) in [6.07, 6.45) is 3.83. The summed E-state index contributed by atoms with van der Waals surface area (Å²) in [7, 11) is 0. The Morgan fingerprint density at radius 2 is 1.77 bits per heavy atom. The number of amides is 1. The second kappa shape index (κ2) is 6.29. The number of rotatable bonds is 2. The van der Waals surface area contributed by atoms with Gasteiger partial charge in [0.1, 0.15) is 11.4 Å². The molecule has 0 atom stereocenters. The molecule has 7 heteroatoms. The van der Waals surface area contributed by atoms with Crippen LogP contribution in [0.5, 0.6) is 0 Å². The zero-order valence-corrected chi connectivity index (χ0v) is 13.1. The van der Waals surface area contributed by atoms with Gasteiger partial charge in [-0.1, -0.05) is 0 Å². The Morgan fingerprint density at radius 3 is 2.23 bits per heavy atom. The Morgan fingerprint density at radius 1 is 1.23 bits per heavy atom. The van der Waals surface area contributed by atoms with Crippen LogP contribution in [0.25, 0.3) is 0 Å². The number of hydrogen-bond donors (Lipinski definition) is 1. The Hall–Kier alpha value is -2.18. The average molecular weight is 307 g/mol. The quantitative estimate of drug-likeness (QED) is 0.901. The first-order valence-electron chi connectivity index (χ1n) is 7.29. The maximum absolute atomic E-state index is 12.0. The smallest absolute Gasteiger partial charge is 0.410 e. The molecule has 1 fully saturated rings. The molecule has 0 spiro atoms. The van der Waals surface area contributed by atoms with Crippen LogP contribution >= 0.6 is 0 Å². The van der Waals surface area contributed by atoms with Gasteiger partial charge in [0.25, 0.3) is 0 Å². The number of carbonyl (C=O) groups excluding carboxylic acids is 1. The van der Waals surface area contributed by atoms with Crippen molar-refractivity contribution in [1.29, 1.82) is 0 Å². The number of carboxylic acids is 1. The summed E-state index contributed by atoms with van der Waals surface area (Å²) < 4.78 is 5.35. The third-order valence-corrected chi connectivity index (χ3v) is 3.43. The Kier molecular flexibility index (Phi) is 4.63. The van der Waals surface area contributed by atoms with E-state index in [4.69, 9.17) is 9.84 Å². The molecule has 7 nitrogen and oxygen atoms in total. The summed E-state index contributed by atoms with van der Waals surface area (Å²) in [5, 5.41) is 8.84. The van der Waals surface area contributed by atoms with Crippen LogP contribution in [0.15, 0.2) is 12.4 Å². The minimum absolute atomic E-state index is 0.0786. The lowest BCUT2D eigenvalue weighted by Crippen LogP contribution is -2.41. The van der Waals surface area contributed by atoms with Crippen molar-refractivity contribution < 1.29 is 19.4 Å². The molecule has 1 aromatic rings. The average Bonchev–Trinajstić information content (AvgIpc) is 2.46. The lowest BCUT2D eigenvalue weighted by atomic mass is 9.96. The van der Waals surface area contributed by atoms with Gasteiger partial charge < -0.3 is 14.7 Å². The van der Waals surface area contributed by atoms with Crippen LogP contribution in [0.4, 0.5) is 4.79 Å². The number of carbonyl (C=O) groups is 2.